The van der Waals surface area contributed by atoms with Gasteiger partial charge in [-0.25, -0.2) is 8.78 Å². The molecule has 0 atom stereocenters. The van der Waals surface area contributed by atoms with Crippen LogP contribution in [0.1, 0.15) is 11.1 Å². The molecule has 2 rings (SSSR count). The first-order valence-electron chi connectivity index (χ1n) is 5.46. The van der Waals surface area contributed by atoms with Gasteiger partial charge in [0.1, 0.15) is 24.0 Å². The zero-order chi connectivity index (χ0) is 13.8. The van der Waals surface area contributed by atoms with E-state index in [0.29, 0.717) is 5.56 Å². The lowest BCUT2D eigenvalue weighted by Crippen LogP contribution is -2.01. The maximum atomic E-state index is 13.5. The third-order valence-corrected chi connectivity index (χ3v) is 2.53. The van der Waals surface area contributed by atoms with Crippen molar-refractivity contribution in [2.24, 2.45) is 0 Å². The van der Waals surface area contributed by atoms with Gasteiger partial charge in [0.25, 0.3) is 0 Å². The summed E-state index contributed by atoms with van der Waals surface area (Å²) in [5, 5.41) is 8.74. The van der Waals surface area contributed by atoms with Crippen LogP contribution in [0.15, 0.2) is 36.4 Å². The van der Waals surface area contributed by atoms with E-state index >= 15 is 0 Å². The van der Waals surface area contributed by atoms with E-state index in [1.54, 1.807) is 0 Å². The number of nitriles is 1. The third kappa shape index (κ3) is 2.99. The Hall–Kier alpha value is -2.61. The van der Waals surface area contributed by atoms with Crippen LogP contribution in [-0.2, 0) is 6.61 Å². The third-order valence-electron chi connectivity index (χ3n) is 2.53. The predicted octanol–water partition coefficient (Wildman–Crippen LogP) is 3.00. The molecule has 3 nitrogen and oxygen atoms in total. The van der Waals surface area contributed by atoms with E-state index in [2.05, 4.69) is 0 Å². The van der Waals surface area contributed by atoms with Crippen LogP contribution in [0.4, 0.5) is 14.5 Å². The van der Waals surface area contributed by atoms with E-state index in [9.17, 15) is 8.78 Å². The lowest BCUT2D eigenvalue weighted by Gasteiger charge is -2.09. The Morgan fingerprint density at radius 1 is 1.16 bits per heavy atom. The monoisotopic (exact) mass is 260 g/mol. The van der Waals surface area contributed by atoms with Crippen LogP contribution in [0.3, 0.4) is 0 Å². The maximum absolute atomic E-state index is 13.5. The molecule has 2 aromatic carbocycles. The summed E-state index contributed by atoms with van der Waals surface area (Å²) < 4.78 is 31.7. The summed E-state index contributed by atoms with van der Waals surface area (Å²) in [5.41, 5.74) is 6.28. The molecule has 0 fully saturated rings. The Bertz CT molecular complexity index is 650. The lowest BCUT2D eigenvalue weighted by molar-refractivity contribution is 0.301. The smallest absolute Gasteiger partial charge is 0.142 e. The highest BCUT2D eigenvalue weighted by atomic mass is 19.1. The van der Waals surface area contributed by atoms with Gasteiger partial charge in [-0.2, -0.15) is 5.26 Å². The van der Waals surface area contributed by atoms with E-state index in [-0.39, 0.29) is 23.6 Å². The van der Waals surface area contributed by atoms with Gasteiger partial charge in [-0.05, 0) is 30.3 Å². The molecule has 0 saturated carbocycles. The second-order valence-corrected chi connectivity index (χ2v) is 3.89. The number of rotatable bonds is 3. The maximum Gasteiger partial charge on any atom is 0.142 e. The van der Waals surface area contributed by atoms with Crippen molar-refractivity contribution >= 4 is 5.69 Å². The topological polar surface area (TPSA) is 59.0 Å². The van der Waals surface area contributed by atoms with Crippen LogP contribution in [0.2, 0.25) is 0 Å². The van der Waals surface area contributed by atoms with E-state index in [1.165, 1.54) is 30.3 Å². The Balaban J connectivity index is 2.16. The number of hydrogen-bond acceptors (Lipinski definition) is 3. The number of benzene rings is 2. The number of hydrogen-bond donors (Lipinski definition) is 1. The Morgan fingerprint density at radius 2 is 1.95 bits per heavy atom. The average molecular weight is 260 g/mol. The fraction of sp³-hybridized carbons (Fsp3) is 0.0714. The van der Waals surface area contributed by atoms with Gasteiger partial charge in [0.05, 0.1) is 17.3 Å². The van der Waals surface area contributed by atoms with Crippen molar-refractivity contribution < 1.29 is 13.5 Å². The van der Waals surface area contributed by atoms with Crippen molar-refractivity contribution in [2.45, 2.75) is 6.61 Å². The highest BCUT2D eigenvalue weighted by Crippen LogP contribution is 2.23. The van der Waals surface area contributed by atoms with Gasteiger partial charge < -0.3 is 10.5 Å². The van der Waals surface area contributed by atoms with Gasteiger partial charge in [0.2, 0.25) is 0 Å². The molecular weight excluding hydrogens is 250 g/mol. The van der Waals surface area contributed by atoms with Crippen molar-refractivity contribution in [3.8, 4) is 11.8 Å². The molecule has 2 aromatic rings. The van der Waals surface area contributed by atoms with E-state index < -0.39 is 11.6 Å². The minimum atomic E-state index is -0.473. The summed E-state index contributed by atoms with van der Waals surface area (Å²) in [7, 11) is 0. The fourth-order valence-corrected chi connectivity index (χ4v) is 1.56. The number of halogens is 2. The first-order chi connectivity index (χ1) is 9.10. The summed E-state index contributed by atoms with van der Waals surface area (Å²) >= 11 is 0. The van der Waals surface area contributed by atoms with Gasteiger partial charge in [-0.3, -0.25) is 0 Å². The largest absolute Gasteiger partial charge is 0.487 e. The molecule has 0 aliphatic carbocycles. The molecule has 0 bridgehead atoms. The van der Waals surface area contributed by atoms with Gasteiger partial charge >= 0.3 is 0 Å². The van der Waals surface area contributed by atoms with E-state index in [1.807, 2.05) is 6.07 Å². The summed E-state index contributed by atoms with van der Waals surface area (Å²) in [4.78, 5) is 0. The molecule has 0 aromatic heterocycles. The molecule has 0 spiro atoms. The Kier molecular flexibility index (Phi) is 3.62. The quantitative estimate of drug-likeness (QED) is 0.863. The second-order valence-electron chi connectivity index (χ2n) is 3.89. The molecule has 5 heteroatoms. The average Bonchev–Trinajstić information content (AvgIpc) is 2.39. The first kappa shape index (κ1) is 12.8. The molecule has 96 valence electrons. The molecule has 2 N–H and O–H groups in total. The van der Waals surface area contributed by atoms with Crippen molar-refractivity contribution in [1.82, 2.24) is 0 Å². The molecule has 19 heavy (non-hydrogen) atoms. The summed E-state index contributed by atoms with van der Waals surface area (Å²) in [6.07, 6.45) is 0. The number of nitrogens with two attached hydrogens (primary N) is 1. The molecule has 0 unspecified atom stereocenters. The first-order valence-corrected chi connectivity index (χ1v) is 5.46. The fourth-order valence-electron chi connectivity index (χ4n) is 1.56. The number of nitrogen functional groups attached to an aromatic ring is 1. The molecule has 0 heterocycles. The van der Waals surface area contributed by atoms with Gasteiger partial charge in [-0.1, -0.05) is 0 Å². The van der Waals surface area contributed by atoms with Crippen LogP contribution in [-0.4, -0.2) is 0 Å². The van der Waals surface area contributed by atoms with Crippen molar-refractivity contribution in [3.05, 3.63) is 59.2 Å². The minimum Gasteiger partial charge on any atom is -0.487 e. The number of ether oxygens (including phenoxy) is 1. The second kappa shape index (κ2) is 5.36. The SMILES string of the molecule is N#Cc1ccc(F)c(COc2ccc(F)cc2N)c1. The van der Waals surface area contributed by atoms with Crippen LogP contribution in [0, 0.1) is 23.0 Å². The van der Waals surface area contributed by atoms with Crippen molar-refractivity contribution in [3.63, 3.8) is 0 Å². The zero-order valence-electron chi connectivity index (χ0n) is 9.86. The minimum absolute atomic E-state index is 0.0861. The van der Waals surface area contributed by atoms with Crippen molar-refractivity contribution in [1.29, 1.82) is 5.26 Å². The number of anilines is 1. The summed E-state index contributed by atoms with van der Waals surface area (Å²) in [6.45, 7) is -0.0861. The van der Waals surface area contributed by atoms with Crippen LogP contribution >= 0.6 is 0 Å². The molecule has 0 aliphatic rings. The number of nitrogens with zero attached hydrogens (tertiary/aromatic N) is 1. The normalized spacial score (nSPS) is 9.95. The standard InChI is InChI=1S/C14H10F2N2O/c15-11-2-4-14(13(18)6-11)19-8-10-5-9(7-17)1-3-12(10)16/h1-6H,8,18H2. The Labute approximate surface area is 108 Å². The van der Waals surface area contributed by atoms with Gasteiger partial charge in [0.15, 0.2) is 0 Å². The highest BCUT2D eigenvalue weighted by molar-refractivity contribution is 5.52. The molecule has 0 radical (unpaired) electrons. The summed E-state index contributed by atoms with van der Waals surface area (Å²) in [6, 6.07) is 9.59. The Morgan fingerprint density at radius 3 is 2.63 bits per heavy atom. The molecule has 0 amide bonds. The molecular formula is C14H10F2N2O. The van der Waals surface area contributed by atoms with Crippen LogP contribution < -0.4 is 10.5 Å². The van der Waals surface area contributed by atoms with Gasteiger partial charge in [-0.15, -0.1) is 0 Å². The van der Waals surface area contributed by atoms with E-state index in [0.717, 1.165) is 6.07 Å². The molecule has 0 saturated heterocycles. The van der Waals surface area contributed by atoms with Crippen LogP contribution in [0.5, 0.6) is 5.75 Å². The van der Waals surface area contributed by atoms with Gasteiger partial charge in [0, 0.05) is 11.6 Å². The predicted molar refractivity (Wildman–Crippen MR) is 66.3 cm³/mol. The lowest BCUT2D eigenvalue weighted by atomic mass is 10.1. The highest BCUT2D eigenvalue weighted by Gasteiger charge is 2.07. The van der Waals surface area contributed by atoms with Crippen molar-refractivity contribution in [2.75, 3.05) is 5.73 Å². The molecule has 0 aliphatic heterocycles. The van der Waals surface area contributed by atoms with E-state index in [4.69, 9.17) is 15.7 Å². The van der Waals surface area contributed by atoms with Crippen LogP contribution in [0.25, 0.3) is 0 Å². The zero-order valence-corrected chi connectivity index (χ0v) is 9.86. The summed E-state index contributed by atoms with van der Waals surface area (Å²) in [5.74, 6) is -0.676.